The molecule has 0 aromatic carbocycles. The lowest BCUT2D eigenvalue weighted by Gasteiger charge is -2.21. The second kappa shape index (κ2) is 3.66. The number of pyridine rings is 1. The van der Waals surface area contributed by atoms with Crippen molar-refractivity contribution in [2.24, 2.45) is 0 Å². The van der Waals surface area contributed by atoms with Gasteiger partial charge in [-0.15, -0.1) is 0 Å². The second-order valence-electron chi connectivity index (χ2n) is 4.07. The molecule has 0 saturated carbocycles. The maximum absolute atomic E-state index is 5.37. The summed E-state index contributed by atoms with van der Waals surface area (Å²) in [5.41, 5.74) is 2.33. The van der Waals surface area contributed by atoms with E-state index in [1.807, 2.05) is 12.4 Å². The van der Waals surface area contributed by atoms with E-state index in [1.54, 1.807) is 0 Å². The molecule has 0 spiro atoms. The van der Waals surface area contributed by atoms with Crippen LogP contribution in [0.3, 0.4) is 0 Å². The van der Waals surface area contributed by atoms with Gasteiger partial charge in [0, 0.05) is 31.0 Å². The molecular formula is C12H14N2O. The van der Waals surface area contributed by atoms with E-state index in [2.05, 4.69) is 22.1 Å². The van der Waals surface area contributed by atoms with Gasteiger partial charge in [-0.2, -0.15) is 0 Å². The van der Waals surface area contributed by atoms with Crippen molar-refractivity contribution in [1.29, 1.82) is 0 Å². The molecule has 3 nitrogen and oxygen atoms in total. The Labute approximate surface area is 88.5 Å². The first-order valence-electron chi connectivity index (χ1n) is 5.44. The number of rotatable bonds is 1. The number of nitrogens with zero attached hydrogens (tertiary/aromatic N) is 1. The highest BCUT2D eigenvalue weighted by Gasteiger charge is 2.16. The zero-order valence-corrected chi connectivity index (χ0v) is 8.57. The van der Waals surface area contributed by atoms with Crippen molar-refractivity contribution in [2.45, 2.75) is 18.8 Å². The minimum Gasteiger partial charge on any atom is -0.381 e. The Bertz CT molecular complexity index is 457. The van der Waals surface area contributed by atoms with Crippen LogP contribution in [-0.4, -0.2) is 23.2 Å². The van der Waals surface area contributed by atoms with Crippen molar-refractivity contribution in [2.75, 3.05) is 13.2 Å². The van der Waals surface area contributed by atoms with Crippen molar-refractivity contribution in [1.82, 2.24) is 9.97 Å². The van der Waals surface area contributed by atoms with E-state index in [-0.39, 0.29) is 0 Å². The average molecular weight is 202 g/mol. The summed E-state index contributed by atoms with van der Waals surface area (Å²) in [7, 11) is 0. The number of H-pyrrole nitrogens is 1. The van der Waals surface area contributed by atoms with Gasteiger partial charge in [0.25, 0.3) is 0 Å². The number of aromatic amines is 1. The third-order valence-electron chi connectivity index (χ3n) is 3.11. The van der Waals surface area contributed by atoms with Crippen LogP contribution in [0.2, 0.25) is 0 Å². The molecule has 1 aliphatic rings. The Morgan fingerprint density at radius 2 is 2.20 bits per heavy atom. The van der Waals surface area contributed by atoms with E-state index in [9.17, 15) is 0 Å². The maximum Gasteiger partial charge on any atom is 0.137 e. The Balaban J connectivity index is 1.95. The van der Waals surface area contributed by atoms with Crippen molar-refractivity contribution < 1.29 is 4.74 Å². The third kappa shape index (κ3) is 1.63. The normalized spacial score (nSPS) is 18.4. The molecule has 2 aromatic heterocycles. The Hall–Kier alpha value is -1.35. The molecule has 1 fully saturated rings. The van der Waals surface area contributed by atoms with Gasteiger partial charge >= 0.3 is 0 Å². The van der Waals surface area contributed by atoms with Crippen molar-refractivity contribution in [3.63, 3.8) is 0 Å². The molecule has 0 amide bonds. The van der Waals surface area contributed by atoms with Gasteiger partial charge < -0.3 is 9.72 Å². The first-order valence-corrected chi connectivity index (χ1v) is 5.44. The molecule has 3 heterocycles. The van der Waals surface area contributed by atoms with Gasteiger partial charge in [0.2, 0.25) is 0 Å². The van der Waals surface area contributed by atoms with Gasteiger partial charge in [-0.1, -0.05) is 0 Å². The lowest BCUT2D eigenvalue weighted by atomic mass is 9.93. The number of hydrogen-bond acceptors (Lipinski definition) is 2. The summed E-state index contributed by atoms with van der Waals surface area (Å²) in [5, 5.41) is 1.21. The van der Waals surface area contributed by atoms with Gasteiger partial charge in [-0.3, -0.25) is 0 Å². The number of nitrogens with one attached hydrogen (secondary N) is 1. The van der Waals surface area contributed by atoms with Crippen LogP contribution >= 0.6 is 0 Å². The van der Waals surface area contributed by atoms with E-state index >= 15 is 0 Å². The van der Waals surface area contributed by atoms with Crippen LogP contribution in [0.5, 0.6) is 0 Å². The van der Waals surface area contributed by atoms with Gasteiger partial charge in [0.05, 0.1) is 0 Å². The van der Waals surface area contributed by atoms with Crippen LogP contribution in [0.1, 0.15) is 24.3 Å². The molecule has 2 aromatic rings. The smallest absolute Gasteiger partial charge is 0.137 e. The molecule has 1 aliphatic heterocycles. The Morgan fingerprint density at radius 3 is 3.07 bits per heavy atom. The van der Waals surface area contributed by atoms with E-state index < -0.39 is 0 Å². The van der Waals surface area contributed by atoms with Crippen LogP contribution in [-0.2, 0) is 4.74 Å². The monoisotopic (exact) mass is 202 g/mol. The molecule has 1 saturated heterocycles. The van der Waals surface area contributed by atoms with Crippen LogP contribution in [0.4, 0.5) is 0 Å². The summed E-state index contributed by atoms with van der Waals surface area (Å²) in [4.78, 5) is 7.53. The maximum atomic E-state index is 5.37. The topological polar surface area (TPSA) is 37.9 Å². The summed E-state index contributed by atoms with van der Waals surface area (Å²) < 4.78 is 5.37. The van der Waals surface area contributed by atoms with Gasteiger partial charge in [0.1, 0.15) is 5.65 Å². The SMILES string of the molecule is c1cc2cc(C3CCOCC3)cnc2[nH]1. The summed E-state index contributed by atoms with van der Waals surface area (Å²) in [6, 6.07) is 4.32. The standard InChI is InChI=1S/C12H14N2O/c1-4-13-12-10(1)7-11(8-14-12)9-2-5-15-6-3-9/h1,4,7-9H,2-3,5-6H2,(H,13,14). The van der Waals surface area contributed by atoms with Crippen molar-refractivity contribution in [3.8, 4) is 0 Å². The first kappa shape index (κ1) is 8.92. The van der Waals surface area contributed by atoms with Crippen LogP contribution in [0.15, 0.2) is 24.5 Å². The minimum absolute atomic E-state index is 0.630. The number of hydrogen-bond donors (Lipinski definition) is 1. The van der Waals surface area contributed by atoms with Crippen molar-refractivity contribution >= 4 is 11.0 Å². The molecule has 15 heavy (non-hydrogen) atoms. The Morgan fingerprint density at radius 1 is 1.33 bits per heavy atom. The summed E-state index contributed by atoms with van der Waals surface area (Å²) >= 11 is 0. The van der Waals surface area contributed by atoms with E-state index in [1.165, 1.54) is 10.9 Å². The molecule has 1 N–H and O–H groups in total. The van der Waals surface area contributed by atoms with E-state index in [0.29, 0.717) is 5.92 Å². The van der Waals surface area contributed by atoms with Gasteiger partial charge in [0.15, 0.2) is 0 Å². The largest absolute Gasteiger partial charge is 0.381 e. The lowest BCUT2D eigenvalue weighted by molar-refractivity contribution is 0.0853. The van der Waals surface area contributed by atoms with E-state index in [0.717, 1.165) is 31.7 Å². The molecule has 78 valence electrons. The molecule has 0 unspecified atom stereocenters. The summed E-state index contributed by atoms with van der Waals surface area (Å²) in [5.74, 6) is 0.630. The van der Waals surface area contributed by atoms with Crippen LogP contribution < -0.4 is 0 Å². The predicted molar refractivity (Wildman–Crippen MR) is 58.9 cm³/mol. The van der Waals surface area contributed by atoms with Crippen LogP contribution in [0, 0.1) is 0 Å². The molecule has 0 radical (unpaired) electrons. The summed E-state index contributed by atoms with van der Waals surface area (Å²) in [6.45, 7) is 1.77. The highest BCUT2D eigenvalue weighted by atomic mass is 16.5. The minimum atomic E-state index is 0.630. The molecule has 0 aliphatic carbocycles. The molecule has 3 rings (SSSR count). The number of ether oxygens (including phenoxy) is 1. The molecular weight excluding hydrogens is 188 g/mol. The quantitative estimate of drug-likeness (QED) is 0.771. The molecule has 0 atom stereocenters. The highest BCUT2D eigenvalue weighted by Crippen LogP contribution is 2.27. The highest BCUT2D eigenvalue weighted by molar-refractivity contribution is 5.75. The first-order chi connectivity index (χ1) is 7.43. The third-order valence-corrected chi connectivity index (χ3v) is 3.11. The molecule has 3 heteroatoms. The fourth-order valence-corrected chi connectivity index (χ4v) is 2.21. The fraction of sp³-hybridized carbons (Fsp3) is 0.417. The van der Waals surface area contributed by atoms with Gasteiger partial charge in [-0.05, 0) is 36.5 Å². The van der Waals surface area contributed by atoms with E-state index in [4.69, 9.17) is 4.74 Å². The number of aromatic nitrogens is 2. The lowest BCUT2D eigenvalue weighted by Crippen LogP contribution is -2.14. The Kier molecular flexibility index (Phi) is 2.18. The average Bonchev–Trinajstić information content (AvgIpc) is 2.77. The zero-order valence-electron chi connectivity index (χ0n) is 8.57. The van der Waals surface area contributed by atoms with Crippen LogP contribution in [0.25, 0.3) is 11.0 Å². The predicted octanol–water partition coefficient (Wildman–Crippen LogP) is 2.46. The summed E-state index contributed by atoms with van der Waals surface area (Å²) in [6.07, 6.45) is 6.18. The molecule has 0 bridgehead atoms. The number of fused-ring (bicyclic) bond motifs is 1. The van der Waals surface area contributed by atoms with Crippen molar-refractivity contribution in [3.05, 3.63) is 30.1 Å². The fourth-order valence-electron chi connectivity index (χ4n) is 2.21. The zero-order chi connectivity index (χ0) is 10.1. The second-order valence-corrected chi connectivity index (χ2v) is 4.07. The van der Waals surface area contributed by atoms with Gasteiger partial charge in [-0.25, -0.2) is 4.98 Å².